The summed E-state index contributed by atoms with van der Waals surface area (Å²) in [5.74, 6) is 1.41. The minimum atomic E-state index is 0.414. The molecule has 0 saturated carbocycles. The lowest BCUT2D eigenvalue weighted by molar-refractivity contribution is 0.185. The van der Waals surface area contributed by atoms with Crippen molar-refractivity contribution in [3.05, 3.63) is 70.9 Å². The zero-order valence-electron chi connectivity index (χ0n) is 18.8. The molecule has 0 aliphatic carbocycles. The molecule has 0 aliphatic rings. The largest absolute Gasteiger partial charge is 0.383 e. The highest BCUT2D eigenvalue weighted by molar-refractivity contribution is 6.33. The molecule has 7 nitrogen and oxygen atoms in total. The van der Waals surface area contributed by atoms with Crippen LogP contribution < -0.4 is 5.32 Å². The summed E-state index contributed by atoms with van der Waals surface area (Å²) in [7, 11) is 3.33. The van der Waals surface area contributed by atoms with Gasteiger partial charge in [-0.2, -0.15) is 4.98 Å². The van der Waals surface area contributed by atoms with Crippen LogP contribution in [0.3, 0.4) is 0 Å². The van der Waals surface area contributed by atoms with Crippen LogP contribution in [0.2, 0.25) is 5.02 Å². The first-order valence-corrected chi connectivity index (χ1v) is 10.9. The van der Waals surface area contributed by atoms with Gasteiger partial charge >= 0.3 is 0 Å². The van der Waals surface area contributed by atoms with Gasteiger partial charge in [-0.25, -0.2) is 4.98 Å². The summed E-state index contributed by atoms with van der Waals surface area (Å²) in [5, 5.41) is 7.72. The van der Waals surface area contributed by atoms with Gasteiger partial charge in [0.05, 0.1) is 18.2 Å². The minimum absolute atomic E-state index is 0.414. The fourth-order valence-electron chi connectivity index (χ4n) is 3.56. The van der Waals surface area contributed by atoms with Crippen molar-refractivity contribution in [1.82, 2.24) is 15.1 Å². The Bertz CT molecular complexity index is 1240. The SMILES string of the molecule is COCCNc1ncc(-c2noc(-c3ccc(-c4ccccc4C)c(COC)c3)n2)cc1Cl. The molecule has 4 aromatic rings. The van der Waals surface area contributed by atoms with Crippen molar-refractivity contribution in [3.63, 3.8) is 0 Å². The van der Waals surface area contributed by atoms with Gasteiger partial charge in [0.1, 0.15) is 5.82 Å². The Labute approximate surface area is 197 Å². The van der Waals surface area contributed by atoms with E-state index in [4.69, 9.17) is 25.6 Å². The molecule has 0 saturated heterocycles. The third-order valence-corrected chi connectivity index (χ3v) is 5.50. The van der Waals surface area contributed by atoms with Crippen LogP contribution in [0.1, 0.15) is 11.1 Å². The fourth-order valence-corrected chi connectivity index (χ4v) is 3.79. The monoisotopic (exact) mass is 464 g/mol. The average molecular weight is 465 g/mol. The number of ether oxygens (including phenoxy) is 2. The number of halogens is 1. The summed E-state index contributed by atoms with van der Waals surface area (Å²) in [6.07, 6.45) is 1.66. The Morgan fingerprint density at radius 3 is 2.61 bits per heavy atom. The van der Waals surface area contributed by atoms with Crippen molar-refractivity contribution >= 4 is 17.4 Å². The molecule has 170 valence electrons. The van der Waals surface area contributed by atoms with Crippen molar-refractivity contribution in [2.24, 2.45) is 0 Å². The second-order valence-electron chi connectivity index (χ2n) is 7.52. The fraction of sp³-hybridized carbons (Fsp3) is 0.240. The van der Waals surface area contributed by atoms with E-state index in [1.54, 1.807) is 26.5 Å². The normalized spacial score (nSPS) is 11.0. The Morgan fingerprint density at radius 1 is 1.00 bits per heavy atom. The molecular weight excluding hydrogens is 440 g/mol. The Morgan fingerprint density at radius 2 is 1.85 bits per heavy atom. The van der Waals surface area contributed by atoms with Crippen molar-refractivity contribution in [2.75, 3.05) is 32.7 Å². The second kappa shape index (κ2) is 10.6. The first-order valence-electron chi connectivity index (χ1n) is 10.5. The van der Waals surface area contributed by atoms with Crippen molar-refractivity contribution in [3.8, 4) is 34.0 Å². The minimum Gasteiger partial charge on any atom is -0.383 e. The predicted molar refractivity (Wildman–Crippen MR) is 129 cm³/mol. The average Bonchev–Trinajstić information content (AvgIpc) is 3.31. The molecule has 2 aromatic heterocycles. The summed E-state index contributed by atoms with van der Waals surface area (Å²) in [6.45, 7) is 3.73. The quantitative estimate of drug-likeness (QED) is 0.321. The number of aryl methyl sites for hydroxylation is 1. The van der Waals surface area contributed by atoms with Crippen molar-refractivity contribution in [2.45, 2.75) is 13.5 Å². The van der Waals surface area contributed by atoms with E-state index in [-0.39, 0.29) is 0 Å². The van der Waals surface area contributed by atoms with E-state index in [2.05, 4.69) is 45.6 Å². The van der Waals surface area contributed by atoms with E-state index in [0.29, 0.717) is 47.9 Å². The molecule has 4 rings (SSSR count). The van der Waals surface area contributed by atoms with Gasteiger partial charge in [-0.05, 0) is 47.4 Å². The van der Waals surface area contributed by atoms with Gasteiger partial charge in [-0.1, -0.05) is 47.1 Å². The zero-order valence-corrected chi connectivity index (χ0v) is 19.5. The number of aromatic nitrogens is 3. The summed E-state index contributed by atoms with van der Waals surface area (Å²) in [6, 6.07) is 16.1. The number of hydrogen-bond donors (Lipinski definition) is 1. The first-order chi connectivity index (χ1) is 16.1. The van der Waals surface area contributed by atoms with Crippen LogP contribution in [0.25, 0.3) is 34.0 Å². The molecule has 2 aromatic carbocycles. The van der Waals surface area contributed by atoms with Crippen LogP contribution in [-0.4, -0.2) is 42.5 Å². The number of nitrogens with one attached hydrogen (secondary N) is 1. The van der Waals surface area contributed by atoms with Crippen molar-refractivity contribution < 1.29 is 14.0 Å². The highest BCUT2D eigenvalue weighted by atomic mass is 35.5. The summed E-state index contributed by atoms with van der Waals surface area (Å²) < 4.78 is 16.0. The highest BCUT2D eigenvalue weighted by Crippen LogP contribution is 2.32. The number of pyridine rings is 1. The molecule has 2 heterocycles. The Hall–Kier alpha value is -3.26. The molecule has 0 amide bonds. The van der Waals surface area contributed by atoms with Crippen LogP contribution in [0.4, 0.5) is 5.82 Å². The van der Waals surface area contributed by atoms with Gasteiger partial charge in [0.2, 0.25) is 5.82 Å². The van der Waals surface area contributed by atoms with E-state index < -0.39 is 0 Å². The molecule has 33 heavy (non-hydrogen) atoms. The van der Waals surface area contributed by atoms with Gasteiger partial charge < -0.3 is 19.3 Å². The van der Waals surface area contributed by atoms with Crippen LogP contribution in [0.15, 0.2) is 59.3 Å². The van der Waals surface area contributed by atoms with Crippen molar-refractivity contribution in [1.29, 1.82) is 0 Å². The number of nitrogens with zero attached hydrogens (tertiary/aromatic N) is 3. The number of methoxy groups -OCH3 is 2. The number of anilines is 1. The Balaban J connectivity index is 1.61. The topological polar surface area (TPSA) is 82.3 Å². The van der Waals surface area contributed by atoms with Crippen LogP contribution in [0, 0.1) is 6.92 Å². The van der Waals surface area contributed by atoms with Gasteiger partial charge in [0, 0.05) is 38.1 Å². The molecule has 0 radical (unpaired) electrons. The molecule has 0 spiro atoms. The summed E-state index contributed by atoms with van der Waals surface area (Å²) in [5.41, 5.74) is 6.01. The predicted octanol–water partition coefficient (Wildman–Crippen LogP) is 5.63. The maximum absolute atomic E-state index is 6.36. The molecule has 8 heteroatoms. The maximum Gasteiger partial charge on any atom is 0.258 e. The molecule has 1 N–H and O–H groups in total. The Kier molecular flexibility index (Phi) is 7.34. The lowest BCUT2D eigenvalue weighted by atomic mass is 9.94. The van der Waals surface area contributed by atoms with E-state index >= 15 is 0 Å². The van der Waals surface area contributed by atoms with Gasteiger partial charge in [-0.3, -0.25) is 0 Å². The second-order valence-corrected chi connectivity index (χ2v) is 7.92. The van der Waals surface area contributed by atoms with Gasteiger partial charge in [0.25, 0.3) is 5.89 Å². The summed E-state index contributed by atoms with van der Waals surface area (Å²) in [4.78, 5) is 8.92. The molecule has 0 bridgehead atoms. The summed E-state index contributed by atoms with van der Waals surface area (Å²) >= 11 is 6.36. The van der Waals surface area contributed by atoms with E-state index in [1.807, 2.05) is 24.3 Å². The third-order valence-electron chi connectivity index (χ3n) is 5.21. The lowest BCUT2D eigenvalue weighted by Gasteiger charge is -2.12. The molecule has 0 aliphatic heterocycles. The lowest BCUT2D eigenvalue weighted by Crippen LogP contribution is -2.09. The van der Waals surface area contributed by atoms with Crippen LogP contribution >= 0.6 is 11.6 Å². The van der Waals surface area contributed by atoms with E-state index in [1.165, 1.54) is 11.1 Å². The highest BCUT2D eigenvalue weighted by Gasteiger charge is 2.15. The smallest absolute Gasteiger partial charge is 0.258 e. The maximum atomic E-state index is 6.36. The van der Waals surface area contributed by atoms with Gasteiger partial charge in [0.15, 0.2) is 0 Å². The third kappa shape index (κ3) is 5.22. The van der Waals surface area contributed by atoms with Crippen LogP contribution in [-0.2, 0) is 16.1 Å². The number of hydrogen-bond acceptors (Lipinski definition) is 7. The van der Waals surface area contributed by atoms with E-state index in [0.717, 1.165) is 16.7 Å². The first kappa shape index (κ1) is 22.9. The van der Waals surface area contributed by atoms with E-state index in [9.17, 15) is 0 Å². The standard InChI is InChI=1S/C25H25ClN4O3/c1-16-6-4-5-7-20(16)21-9-8-17(12-19(21)15-32-3)25-29-23(30-33-25)18-13-22(26)24(28-14-18)27-10-11-31-2/h4-9,12-14H,10-11,15H2,1-3H3,(H,27,28). The number of rotatable bonds is 9. The molecule has 0 atom stereocenters. The zero-order chi connectivity index (χ0) is 23.2. The molecular formula is C25H25ClN4O3. The molecule has 0 unspecified atom stereocenters. The molecule has 0 fully saturated rings. The van der Waals surface area contributed by atoms with Crippen LogP contribution in [0.5, 0.6) is 0 Å². The number of benzene rings is 2. The van der Waals surface area contributed by atoms with Gasteiger partial charge in [-0.15, -0.1) is 0 Å².